The van der Waals surface area contributed by atoms with Crippen LogP contribution in [0.3, 0.4) is 0 Å². The van der Waals surface area contributed by atoms with Gasteiger partial charge in [-0.3, -0.25) is 4.98 Å². The van der Waals surface area contributed by atoms with Crippen LogP contribution >= 0.6 is 27.7 Å². The average Bonchev–Trinajstić information content (AvgIpc) is 2.37. The summed E-state index contributed by atoms with van der Waals surface area (Å²) < 4.78 is 1.08. The van der Waals surface area contributed by atoms with E-state index in [0.717, 1.165) is 10.2 Å². The minimum Gasteiger partial charge on any atom is -0.327 e. The van der Waals surface area contributed by atoms with E-state index in [0.29, 0.717) is 0 Å². The number of benzene rings is 1. The fourth-order valence-electron chi connectivity index (χ4n) is 1.67. The fourth-order valence-corrected chi connectivity index (χ4v) is 3.34. The van der Waals surface area contributed by atoms with E-state index in [1.54, 1.807) is 11.8 Å². The number of hydrogen-bond donors (Lipinski definition) is 1. The van der Waals surface area contributed by atoms with Crippen LogP contribution in [0.5, 0.6) is 0 Å². The Morgan fingerprint density at radius 3 is 2.67 bits per heavy atom. The summed E-state index contributed by atoms with van der Waals surface area (Å²) in [6, 6.07) is 14.2. The number of thioether (sulfide) groups is 1. The van der Waals surface area contributed by atoms with Crippen molar-refractivity contribution < 1.29 is 0 Å². The largest absolute Gasteiger partial charge is 0.327 e. The monoisotopic (exact) mass is 322 g/mol. The van der Waals surface area contributed by atoms with E-state index in [-0.39, 0.29) is 11.3 Å². The average molecular weight is 323 g/mol. The molecule has 0 saturated heterocycles. The zero-order valence-electron chi connectivity index (χ0n) is 10.1. The van der Waals surface area contributed by atoms with Gasteiger partial charge in [0.2, 0.25) is 0 Å². The van der Waals surface area contributed by atoms with Gasteiger partial charge in [-0.25, -0.2) is 0 Å². The minimum absolute atomic E-state index is 0.0453. The van der Waals surface area contributed by atoms with Gasteiger partial charge in [-0.2, -0.15) is 0 Å². The topological polar surface area (TPSA) is 38.9 Å². The molecule has 2 N–H and O–H groups in total. The molecule has 0 saturated carbocycles. The van der Waals surface area contributed by atoms with Crippen molar-refractivity contribution in [3.05, 3.63) is 58.8 Å². The number of nitrogens with zero attached hydrogens (tertiary/aromatic N) is 1. The summed E-state index contributed by atoms with van der Waals surface area (Å²) in [6.45, 7) is 2.02. The summed E-state index contributed by atoms with van der Waals surface area (Å²) >= 11 is 5.23. The normalized spacial score (nSPS) is 14.2. The SMILES string of the molecule is CC(N)C(Sc1cccc(Br)c1)c1ccccn1. The van der Waals surface area contributed by atoms with Crippen LogP contribution in [0.4, 0.5) is 0 Å². The minimum atomic E-state index is 0.0453. The van der Waals surface area contributed by atoms with Gasteiger partial charge in [-0.15, -0.1) is 11.8 Å². The number of halogens is 1. The van der Waals surface area contributed by atoms with Crippen molar-refractivity contribution in [1.82, 2.24) is 4.98 Å². The first-order chi connectivity index (χ1) is 8.66. The van der Waals surface area contributed by atoms with Gasteiger partial charge in [0, 0.05) is 21.6 Å². The number of nitrogens with two attached hydrogens (primary N) is 1. The van der Waals surface area contributed by atoms with Crippen molar-refractivity contribution in [3.8, 4) is 0 Å². The lowest BCUT2D eigenvalue weighted by atomic mass is 10.2. The molecule has 2 rings (SSSR count). The summed E-state index contributed by atoms with van der Waals surface area (Å²) in [4.78, 5) is 5.60. The lowest BCUT2D eigenvalue weighted by molar-refractivity contribution is 0.705. The van der Waals surface area contributed by atoms with Gasteiger partial charge < -0.3 is 5.73 Å². The Kier molecular flexibility index (Phi) is 4.80. The highest BCUT2D eigenvalue weighted by molar-refractivity contribution is 9.10. The number of aromatic nitrogens is 1. The van der Waals surface area contributed by atoms with Crippen LogP contribution in [0.15, 0.2) is 58.0 Å². The molecule has 0 amide bonds. The van der Waals surface area contributed by atoms with Crippen molar-refractivity contribution in [2.75, 3.05) is 0 Å². The van der Waals surface area contributed by atoms with E-state index in [1.807, 2.05) is 43.5 Å². The molecule has 0 aliphatic rings. The van der Waals surface area contributed by atoms with Crippen molar-refractivity contribution in [3.63, 3.8) is 0 Å². The summed E-state index contributed by atoms with van der Waals surface area (Å²) in [7, 11) is 0. The van der Waals surface area contributed by atoms with Crippen LogP contribution in [0.2, 0.25) is 0 Å². The van der Waals surface area contributed by atoms with E-state index in [2.05, 4.69) is 33.0 Å². The maximum absolute atomic E-state index is 6.08. The van der Waals surface area contributed by atoms with Crippen molar-refractivity contribution in [1.29, 1.82) is 0 Å². The van der Waals surface area contributed by atoms with Gasteiger partial charge >= 0.3 is 0 Å². The smallest absolute Gasteiger partial charge is 0.0665 e. The van der Waals surface area contributed by atoms with E-state index in [1.165, 1.54) is 4.90 Å². The molecule has 0 bridgehead atoms. The molecule has 0 fully saturated rings. The maximum atomic E-state index is 6.08. The van der Waals surface area contributed by atoms with Crippen molar-refractivity contribution >= 4 is 27.7 Å². The first kappa shape index (κ1) is 13.6. The second kappa shape index (κ2) is 6.36. The lowest BCUT2D eigenvalue weighted by Gasteiger charge is -2.19. The molecule has 2 aromatic rings. The molecule has 0 radical (unpaired) electrons. The predicted molar refractivity (Wildman–Crippen MR) is 80.6 cm³/mol. The number of pyridine rings is 1. The molecule has 18 heavy (non-hydrogen) atoms. The summed E-state index contributed by atoms with van der Waals surface area (Å²) in [5, 5.41) is 0.167. The standard InChI is InChI=1S/C14H15BrN2S/c1-10(16)14(13-7-2-3-8-17-13)18-12-6-4-5-11(15)9-12/h2-10,14H,16H2,1H3. The molecule has 1 aromatic heterocycles. The Bertz CT molecular complexity index is 502. The Balaban J connectivity index is 2.22. The zero-order chi connectivity index (χ0) is 13.0. The summed E-state index contributed by atoms with van der Waals surface area (Å²) in [5.74, 6) is 0. The van der Waals surface area contributed by atoms with Crippen LogP contribution in [-0.4, -0.2) is 11.0 Å². The van der Waals surface area contributed by atoms with Crippen molar-refractivity contribution in [2.45, 2.75) is 23.1 Å². The molecule has 2 atom stereocenters. The molecular formula is C14H15BrN2S. The highest BCUT2D eigenvalue weighted by Crippen LogP contribution is 2.36. The van der Waals surface area contributed by atoms with E-state index in [9.17, 15) is 0 Å². The second-order valence-electron chi connectivity index (χ2n) is 4.11. The molecule has 0 spiro atoms. The van der Waals surface area contributed by atoms with Gasteiger partial charge in [0.25, 0.3) is 0 Å². The molecule has 2 nitrogen and oxygen atoms in total. The molecule has 1 aromatic carbocycles. The van der Waals surface area contributed by atoms with E-state index < -0.39 is 0 Å². The Labute approximate surface area is 120 Å². The Hall–Kier alpha value is -0.840. The summed E-state index contributed by atoms with van der Waals surface area (Å²) in [5.41, 5.74) is 7.11. The Morgan fingerprint density at radius 1 is 1.22 bits per heavy atom. The van der Waals surface area contributed by atoms with Crippen LogP contribution in [-0.2, 0) is 0 Å². The summed E-state index contributed by atoms with van der Waals surface area (Å²) in [6.07, 6.45) is 1.81. The zero-order valence-corrected chi connectivity index (χ0v) is 12.5. The molecule has 1 heterocycles. The third-order valence-electron chi connectivity index (χ3n) is 2.52. The van der Waals surface area contributed by atoms with Gasteiger partial charge in [0.1, 0.15) is 0 Å². The second-order valence-corrected chi connectivity index (χ2v) is 6.24. The predicted octanol–water partition coefficient (Wildman–Crippen LogP) is 4.02. The third kappa shape index (κ3) is 3.57. The number of hydrogen-bond acceptors (Lipinski definition) is 3. The van der Waals surface area contributed by atoms with E-state index in [4.69, 9.17) is 5.73 Å². The first-order valence-electron chi connectivity index (χ1n) is 5.75. The highest BCUT2D eigenvalue weighted by atomic mass is 79.9. The maximum Gasteiger partial charge on any atom is 0.0665 e. The molecule has 94 valence electrons. The molecular weight excluding hydrogens is 308 g/mol. The lowest BCUT2D eigenvalue weighted by Crippen LogP contribution is -2.23. The molecule has 4 heteroatoms. The van der Waals surface area contributed by atoms with Gasteiger partial charge in [0.15, 0.2) is 0 Å². The van der Waals surface area contributed by atoms with Gasteiger partial charge in [-0.1, -0.05) is 28.1 Å². The van der Waals surface area contributed by atoms with Crippen LogP contribution in [0, 0.1) is 0 Å². The molecule has 0 aliphatic heterocycles. The molecule has 2 unspecified atom stereocenters. The van der Waals surface area contributed by atoms with E-state index >= 15 is 0 Å². The highest BCUT2D eigenvalue weighted by Gasteiger charge is 2.18. The number of rotatable bonds is 4. The Morgan fingerprint density at radius 2 is 2.06 bits per heavy atom. The van der Waals surface area contributed by atoms with Crippen molar-refractivity contribution in [2.24, 2.45) is 5.73 Å². The van der Waals surface area contributed by atoms with Gasteiger partial charge in [-0.05, 0) is 37.3 Å². The van der Waals surface area contributed by atoms with Crippen LogP contribution in [0.25, 0.3) is 0 Å². The van der Waals surface area contributed by atoms with Crippen LogP contribution in [0.1, 0.15) is 17.9 Å². The third-order valence-corrected chi connectivity index (χ3v) is 4.46. The fraction of sp³-hybridized carbons (Fsp3) is 0.214. The van der Waals surface area contributed by atoms with Gasteiger partial charge in [0.05, 0.1) is 10.9 Å². The molecule has 0 aliphatic carbocycles. The first-order valence-corrected chi connectivity index (χ1v) is 7.43. The van der Waals surface area contributed by atoms with Crippen LogP contribution < -0.4 is 5.73 Å². The quantitative estimate of drug-likeness (QED) is 0.864.